The van der Waals surface area contributed by atoms with Gasteiger partial charge in [0.25, 0.3) is 0 Å². The molecule has 1 aromatic rings. The standard InChI is InChI=1S/C8H8F3NO.C7H7F2NO/c1-3-7(12-5-13)4-6(2)8(9,10)11;1-10-4-2-5(8)7(11)6(9)3-4/h3-5H,1-2H2,(H,12,13);2-3,10-11H,1H3/b7-4+;. The molecule has 1 amide bonds. The Hall–Kier alpha value is -2.84. The van der Waals surface area contributed by atoms with E-state index in [1.807, 2.05) is 5.32 Å². The van der Waals surface area contributed by atoms with Crippen LogP contribution in [0.15, 0.2) is 48.7 Å². The summed E-state index contributed by atoms with van der Waals surface area (Å²) in [5.41, 5.74) is -0.799. The van der Waals surface area contributed by atoms with Crippen molar-refractivity contribution in [1.29, 1.82) is 0 Å². The van der Waals surface area contributed by atoms with Crippen LogP contribution in [0.2, 0.25) is 0 Å². The Labute approximate surface area is 135 Å². The van der Waals surface area contributed by atoms with Gasteiger partial charge in [0, 0.05) is 30.6 Å². The highest BCUT2D eigenvalue weighted by Gasteiger charge is 2.30. The number of phenolic OH excluding ortho intramolecular Hbond substituents is 1. The zero-order chi connectivity index (χ0) is 18.9. The number of nitrogens with one attached hydrogen (secondary N) is 2. The highest BCUT2D eigenvalue weighted by molar-refractivity contribution is 5.52. The van der Waals surface area contributed by atoms with E-state index in [4.69, 9.17) is 5.11 Å². The topological polar surface area (TPSA) is 61.4 Å². The molecule has 0 radical (unpaired) electrons. The molecule has 0 fully saturated rings. The van der Waals surface area contributed by atoms with Gasteiger partial charge in [-0.1, -0.05) is 13.2 Å². The SMILES string of the molecule is C=C/C(=C\C(=C)C(F)(F)F)NC=O.CNc1cc(F)c(O)c(F)c1. The van der Waals surface area contributed by atoms with Gasteiger partial charge < -0.3 is 15.7 Å². The molecule has 0 saturated heterocycles. The normalized spacial score (nSPS) is 11.0. The van der Waals surface area contributed by atoms with Crippen LogP contribution in [0, 0.1) is 11.6 Å². The van der Waals surface area contributed by atoms with E-state index in [0.717, 1.165) is 18.2 Å². The van der Waals surface area contributed by atoms with Gasteiger partial charge in [-0.05, 0) is 12.2 Å². The lowest BCUT2D eigenvalue weighted by Crippen LogP contribution is -2.13. The summed E-state index contributed by atoms with van der Waals surface area (Å²) in [7, 11) is 1.53. The smallest absolute Gasteiger partial charge is 0.415 e. The Balaban J connectivity index is 0.000000446. The van der Waals surface area contributed by atoms with Crippen molar-refractivity contribution in [2.45, 2.75) is 6.18 Å². The first kappa shape index (κ1) is 21.2. The molecular formula is C15H15F5N2O2. The minimum Gasteiger partial charge on any atom is -0.503 e. The number of halogens is 5. The molecule has 0 heterocycles. The minimum absolute atomic E-state index is 0.0441. The highest BCUT2D eigenvalue weighted by Crippen LogP contribution is 2.25. The van der Waals surface area contributed by atoms with E-state index in [-0.39, 0.29) is 17.8 Å². The maximum atomic E-state index is 12.5. The van der Waals surface area contributed by atoms with Crippen LogP contribution in [0.3, 0.4) is 0 Å². The van der Waals surface area contributed by atoms with E-state index in [9.17, 15) is 26.7 Å². The van der Waals surface area contributed by atoms with E-state index >= 15 is 0 Å². The molecule has 0 unspecified atom stereocenters. The van der Waals surface area contributed by atoms with Crippen molar-refractivity contribution in [2.24, 2.45) is 0 Å². The van der Waals surface area contributed by atoms with Crippen molar-refractivity contribution >= 4 is 12.1 Å². The molecular weight excluding hydrogens is 335 g/mol. The Kier molecular flexibility index (Phi) is 8.23. The lowest BCUT2D eigenvalue weighted by molar-refractivity contribution is -0.109. The quantitative estimate of drug-likeness (QED) is 0.329. The van der Waals surface area contributed by atoms with Gasteiger partial charge in [-0.2, -0.15) is 13.2 Å². The summed E-state index contributed by atoms with van der Waals surface area (Å²) in [6, 6.07) is 2.02. The fourth-order valence-electron chi connectivity index (χ4n) is 1.21. The molecule has 132 valence electrons. The molecule has 0 aliphatic heterocycles. The predicted octanol–water partition coefficient (Wildman–Crippen LogP) is 3.63. The molecule has 9 heteroatoms. The van der Waals surface area contributed by atoms with E-state index in [1.165, 1.54) is 7.05 Å². The second-order valence-electron chi connectivity index (χ2n) is 4.13. The number of aromatic hydroxyl groups is 1. The van der Waals surface area contributed by atoms with Crippen molar-refractivity contribution in [3.63, 3.8) is 0 Å². The summed E-state index contributed by atoms with van der Waals surface area (Å²) in [5.74, 6) is -2.87. The van der Waals surface area contributed by atoms with Crippen molar-refractivity contribution in [3.05, 3.63) is 60.3 Å². The number of carbonyl (C=O) groups is 1. The first-order chi connectivity index (χ1) is 11.1. The molecule has 0 aromatic heterocycles. The summed E-state index contributed by atoms with van der Waals surface area (Å²) in [6.45, 7) is 6.01. The van der Waals surface area contributed by atoms with E-state index < -0.39 is 29.1 Å². The van der Waals surface area contributed by atoms with Crippen molar-refractivity contribution in [1.82, 2.24) is 5.32 Å². The number of carbonyl (C=O) groups excluding carboxylic acids is 1. The molecule has 0 spiro atoms. The minimum atomic E-state index is -4.49. The van der Waals surface area contributed by atoms with Crippen molar-refractivity contribution in [3.8, 4) is 5.75 Å². The fourth-order valence-corrected chi connectivity index (χ4v) is 1.21. The lowest BCUT2D eigenvalue weighted by atomic mass is 10.2. The second kappa shape index (κ2) is 9.33. The van der Waals surface area contributed by atoms with Gasteiger partial charge in [0.1, 0.15) is 0 Å². The van der Waals surface area contributed by atoms with Gasteiger partial charge in [0.05, 0.1) is 5.57 Å². The van der Waals surface area contributed by atoms with Crippen molar-refractivity contribution < 1.29 is 31.9 Å². The first-order valence-corrected chi connectivity index (χ1v) is 6.23. The molecule has 0 atom stereocenters. The van der Waals surface area contributed by atoms with Crippen LogP contribution in [0.5, 0.6) is 5.75 Å². The maximum absolute atomic E-state index is 12.5. The van der Waals surface area contributed by atoms with Gasteiger partial charge in [-0.15, -0.1) is 0 Å². The van der Waals surface area contributed by atoms with Crippen LogP contribution in [-0.4, -0.2) is 24.7 Å². The summed E-state index contributed by atoms with van der Waals surface area (Å²) in [5, 5.41) is 13.2. The number of hydrogen-bond acceptors (Lipinski definition) is 3. The number of hydrogen-bond donors (Lipinski definition) is 3. The summed E-state index contributed by atoms with van der Waals surface area (Å²) in [6.07, 6.45) is -2.44. The largest absolute Gasteiger partial charge is 0.503 e. The molecule has 1 rings (SSSR count). The molecule has 0 aliphatic carbocycles. The monoisotopic (exact) mass is 350 g/mol. The Morgan fingerprint density at radius 2 is 1.75 bits per heavy atom. The van der Waals surface area contributed by atoms with Gasteiger partial charge in [0.2, 0.25) is 6.41 Å². The van der Waals surface area contributed by atoms with Crippen LogP contribution < -0.4 is 10.6 Å². The number of anilines is 1. The Morgan fingerprint density at radius 1 is 1.25 bits per heavy atom. The van der Waals surface area contributed by atoms with Gasteiger partial charge in [-0.25, -0.2) is 8.78 Å². The Bertz CT molecular complexity index is 616. The average molecular weight is 350 g/mol. The molecule has 0 bridgehead atoms. The maximum Gasteiger partial charge on any atom is 0.415 e. The number of alkyl halides is 3. The molecule has 0 saturated carbocycles. The van der Waals surface area contributed by atoms with Gasteiger partial charge >= 0.3 is 6.18 Å². The summed E-state index contributed by atoms with van der Waals surface area (Å²) in [4.78, 5) is 9.89. The zero-order valence-electron chi connectivity index (χ0n) is 12.5. The van der Waals surface area contributed by atoms with Crippen LogP contribution in [0.1, 0.15) is 0 Å². The van der Waals surface area contributed by atoms with Crippen LogP contribution in [0.25, 0.3) is 0 Å². The van der Waals surface area contributed by atoms with E-state index in [0.29, 0.717) is 6.08 Å². The molecule has 24 heavy (non-hydrogen) atoms. The predicted molar refractivity (Wildman–Crippen MR) is 80.2 cm³/mol. The van der Waals surface area contributed by atoms with Crippen LogP contribution in [0.4, 0.5) is 27.6 Å². The lowest BCUT2D eigenvalue weighted by Gasteiger charge is -2.06. The average Bonchev–Trinajstić information content (AvgIpc) is 2.51. The molecule has 3 N–H and O–H groups in total. The van der Waals surface area contributed by atoms with E-state index in [1.54, 1.807) is 0 Å². The highest BCUT2D eigenvalue weighted by atomic mass is 19.4. The fraction of sp³-hybridized carbons (Fsp3) is 0.133. The Morgan fingerprint density at radius 3 is 2.08 bits per heavy atom. The number of allylic oxidation sites excluding steroid dienone is 3. The second-order valence-corrected chi connectivity index (χ2v) is 4.13. The first-order valence-electron chi connectivity index (χ1n) is 6.23. The van der Waals surface area contributed by atoms with Gasteiger partial charge in [-0.3, -0.25) is 4.79 Å². The van der Waals surface area contributed by atoms with Crippen LogP contribution >= 0.6 is 0 Å². The molecule has 4 nitrogen and oxygen atoms in total. The third-order valence-corrected chi connectivity index (χ3v) is 2.44. The number of rotatable bonds is 5. The van der Waals surface area contributed by atoms with E-state index in [2.05, 4.69) is 18.5 Å². The summed E-state index contributed by atoms with van der Waals surface area (Å²) >= 11 is 0. The van der Waals surface area contributed by atoms with Crippen molar-refractivity contribution in [2.75, 3.05) is 12.4 Å². The number of benzene rings is 1. The van der Waals surface area contributed by atoms with Crippen LogP contribution in [-0.2, 0) is 4.79 Å². The molecule has 0 aliphatic rings. The third-order valence-electron chi connectivity index (χ3n) is 2.44. The third kappa shape index (κ3) is 6.95. The summed E-state index contributed by atoms with van der Waals surface area (Å²) < 4.78 is 60.7. The molecule has 1 aromatic carbocycles. The van der Waals surface area contributed by atoms with Gasteiger partial charge in [0.15, 0.2) is 17.4 Å². The number of amides is 1. The number of phenols is 1. The zero-order valence-corrected chi connectivity index (χ0v) is 12.5.